The van der Waals surface area contributed by atoms with Gasteiger partial charge in [0.25, 0.3) is 0 Å². The molecule has 10 nitrogen and oxygen atoms in total. The van der Waals surface area contributed by atoms with Gasteiger partial charge in [-0.1, -0.05) is 193 Å². The van der Waals surface area contributed by atoms with Crippen LogP contribution in [0.1, 0.15) is 274 Å². The SMILES string of the molecule is CC.CC.CC(C)(C)CCCNC(C)(C)C.CC(C)(C)CNC(=O)C(C)(C)C.CC(C)CCNC(=O)C(C)(C)C.CC(C)CCNC(=O)C(C)(C)C.CCCCNC(C)(C)C.CCNC(=O)C(C)(C)C. The third-order valence-electron chi connectivity index (χ3n) is 8.80. The number of amides is 4. The molecule has 0 aromatic carbocycles. The highest BCUT2D eigenvalue weighted by atomic mass is 16.2. The van der Waals surface area contributed by atoms with Gasteiger partial charge in [0.2, 0.25) is 23.6 Å². The van der Waals surface area contributed by atoms with Crippen LogP contribution in [0.25, 0.3) is 0 Å². The summed E-state index contributed by atoms with van der Waals surface area (Å²) in [6, 6.07) is 0. The minimum atomic E-state index is -0.273. The first-order valence-electron chi connectivity index (χ1n) is 27.7. The summed E-state index contributed by atoms with van der Waals surface area (Å²) in [7, 11) is 0. The number of carbonyl (C=O) groups is 4. The molecule has 0 bridgehead atoms. The van der Waals surface area contributed by atoms with E-state index >= 15 is 0 Å². The Hall–Kier alpha value is -2.20. The van der Waals surface area contributed by atoms with E-state index in [4.69, 9.17) is 0 Å². The topological polar surface area (TPSA) is 140 Å². The molecule has 428 valence electrons. The van der Waals surface area contributed by atoms with Crippen LogP contribution in [0.2, 0.25) is 0 Å². The maximum Gasteiger partial charge on any atom is 0.225 e. The smallest absolute Gasteiger partial charge is 0.225 e. The van der Waals surface area contributed by atoms with Gasteiger partial charge in [0.15, 0.2) is 0 Å². The Balaban J connectivity index is -0.000000109. The first-order chi connectivity index (χ1) is 31.1. The Labute approximate surface area is 441 Å². The van der Waals surface area contributed by atoms with E-state index in [1.54, 1.807) is 0 Å². The zero-order valence-corrected chi connectivity index (χ0v) is 54.3. The lowest BCUT2D eigenvalue weighted by Crippen LogP contribution is -2.39. The largest absolute Gasteiger partial charge is 0.356 e. The molecule has 6 N–H and O–H groups in total. The monoisotopic (exact) mass is 1000 g/mol. The Morgan fingerprint density at radius 3 is 0.843 bits per heavy atom. The van der Waals surface area contributed by atoms with Gasteiger partial charge in [-0.15, -0.1) is 0 Å². The third-order valence-corrected chi connectivity index (χ3v) is 8.80. The van der Waals surface area contributed by atoms with Gasteiger partial charge in [0.1, 0.15) is 0 Å². The molecule has 0 radical (unpaired) electrons. The molecule has 0 aliphatic carbocycles. The standard InChI is InChI=1S/C11H25N.3C10H21NO.C8H19N.C7H15NO.2C2H6/c1-10(2,3)8-7-9-12-11(4,5)6;1-9(2,3)7-11-8(12)10(4,5)6;2*1-8(2)6-7-11-9(12)10(3,4)5;1-5-6-7-9-8(2,3)4;1-5-8-6(9)7(2,3)4;2*1-2/h12H,7-9H2,1-6H3;7H2,1-6H3,(H,11,12);2*8H,6-7H2,1-5H3,(H,11,12);9H,5-7H2,1-4H3;5H2,1-4H3,(H,8,9);2*1-2H3. The highest BCUT2D eigenvalue weighted by molar-refractivity contribution is 5.82. The molecule has 0 rings (SSSR count). The molecule has 0 saturated carbocycles. The lowest BCUT2D eigenvalue weighted by Gasteiger charge is -2.23. The summed E-state index contributed by atoms with van der Waals surface area (Å²) in [5.41, 5.74) is 0.211. The minimum Gasteiger partial charge on any atom is -0.356 e. The third kappa shape index (κ3) is 82.7. The molecule has 0 aromatic rings. The normalized spacial score (nSPS) is 11.7. The second kappa shape index (κ2) is 43.2. The van der Waals surface area contributed by atoms with Gasteiger partial charge >= 0.3 is 0 Å². The first-order valence-corrected chi connectivity index (χ1v) is 27.7. The summed E-state index contributed by atoms with van der Waals surface area (Å²) >= 11 is 0. The van der Waals surface area contributed by atoms with E-state index in [1.807, 2.05) is 118 Å². The fourth-order valence-electron chi connectivity index (χ4n) is 4.24. The lowest BCUT2D eigenvalue weighted by molar-refractivity contribution is -0.129. The van der Waals surface area contributed by atoms with Crippen LogP contribution in [0.3, 0.4) is 0 Å². The molecule has 0 fully saturated rings. The second-order valence-electron chi connectivity index (χ2n) is 27.4. The second-order valence-corrected chi connectivity index (χ2v) is 27.4. The number of unbranched alkanes of at least 4 members (excludes halogenated alkanes) is 1. The average molecular weight is 1000 g/mol. The van der Waals surface area contributed by atoms with Crippen LogP contribution in [0.4, 0.5) is 0 Å². The van der Waals surface area contributed by atoms with Crippen LogP contribution in [0, 0.1) is 44.3 Å². The zero-order valence-electron chi connectivity index (χ0n) is 54.3. The van der Waals surface area contributed by atoms with Crippen LogP contribution in [0.5, 0.6) is 0 Å². The molecular weight excluding hydrogens is 869 g/mol. The van der Waals surface area contributed by atoms with Crippen molar-refractivity contribution < 1.29 is 19.2 Å². The number of rotatable bonds is 14. The van der Waals surface area contributed by atoms with Gasteiger partial charge in [-0.25, -0.2) is 0 Å². The van der Waals surface area contributed by atoms with Crippen LogP contribution in [-0.2, 0) is 19.2 Å². The van der Waals surface area contributed by atoms with Gasteiger partial charge in [0.05, 0.1) is 0 Å². The molecule has 0 aliphatic rings. The highest BCUT2D eigenvalue weighted by Gasteiger charge is 2.23. The summed E-state index contributed by atoms with van der Waals surface area (Å²) in [6.45, 7) is 75.6. The van der Waals surface area contributed by atoms with Crippen molar-refractivity contribution in [2.75, 3.05) is 39.3 Å². The quantitative estimate of drug-likeness (QED) is 0.0958. The van der Waals surface area contributed by atoms with E-state index in [9.17, 15) is 19.2 Å². The highest BCUT2D eigenvalue weighted by Crippen LogP contribution is 2.20. The Morgan fingerprint density at radius 2 is 0.643 bits per heavy atom. The Morgan fingerprint density at radius 1 is 0.371 bits per heavy atom. The van der Waals surface area contributed by atoms with E-state index < -0.39 is 0 Å². The van der Waals surface area contributed by atoms with Crippen molar-refractivity contribution in [1.29, 1.82) is 0 Å². The van der Waals surface area contributed by atoms with Crippen molar-refractivity contribution in [1.82, 2.24) is 31.9 Å². The van der Waals surface area contributed by atoms with Crippen molar-refractivity contribution >= 4 is 23.6 Å². The summed E-state index contributed by atoms with van der Waals surface area (Å²) in [6.07, 6.45) is 7.26. The zero-order chi connectivity index (χ0) is 58.2. The minimum absolute atomic E-state index is 0.116. The molecule has 70 heavy (non-hydrogen) atoms. The lowest BCUT2D eigenvalue weighted by atomic mass is 9.90. The van der Waals surface area contributed by atoms with Crippen LogP contribution in [0.15, 0.2) is 0 Å². The van der Waals surface area contributed by atoms with Crippen LogP contribution < -0.4 is 31.9 Å². The molecule has 0 heterocycles. The number of hydrogen-bond acceptors (Lipinski definition) is 6. The molecule has 0 aromatic heterocycles. The molecule has 0 atom stereocenters. The Bertz CT molecular complexity index is 1170. The van der Waals surface area contributed by atoms with E-state index in [1.165, 1.54) is 25.7 Å². The first kappa shape index (κ1) is 84.6. The fourth-order valence-corrected chi connectivity index (χ4v) is 4.24. The average Bonchev–Trinajstić information content (AvgIpc) is 3.15. The summed E-state index contributed by atoms with van der Waals surface area (Å²) < 4.78 is 0. The summed E-state index contributed by atoms with van der Waals surface area (Å²) in [5, 5.41) is 18.4. The molecular formula is C60H134N6O4. The maximum atomic E-state index is 11.4. The van der Waals surface area contributed by atoms with Gasteiger partial charge in [-0.2, -0.15) is 0 Å². The van der Waals surface area contributed by atoms with E-state index in [-0.39, 0.29) is 56.2 Å². The number of hydrogen-bond donors (Lipinski definition) is 6. The van der Waals surface area contributed by atoms with E-state index in [2.05, 4.69) is 150 Å². The van der Waals surface area contributed by atoms with Gasteiger partial charge in [-0.3, -0.25) is 19.2 Å². The number of nitrogens with one attached hydrogen (secondary N) is 6. The molecule has 0 unspecified atom stereocenters. The number of carbonyl (C=O) groups excluding carboxylic acids is 4. The molecule has 0 saturated heterocycles. The Kier molecular flexibility index (Phi) is 52.2. The van der Waals surface area contributed by atoms with E-state index in [0.717, 1.165) is 52.1 Å². The van der Waals surface area contributed by atoms with Crippen molar-refractivity contribution in [3.05, 3.63) is 0 Å². The van der Waals surface area contributed by atoms with Crippen molar-refractivity contribution in [2.24, 2.45) is 44.3 Å². The van der Waals surface area contributed by atoms with Crippen molar-refractivity contribution in [3.63, 3.8) is 0 Å². The predicted molar refractivity (Wildman–Crippen MR) is 316 cm³/mol. The molecule has 10 heteroatoms. The maximum absolute atomic E-state index is 11.4. The summed E-state index contributed by atoms with van der Waals surface area (Å²) in [5.74, 6) is 1.84. The van der Waals surface area contributed by atoms with Gasteiger partial charge in [-0.05, 0) is 116 Å². The predicted octanol–water partition coefficient (Wildman–Crippen LogP) is 15.2. The van der Waals surface area contributed by atoms with Crippen molar-refractivity contribution in [2.45, 2.75) is 285 Å². The van der Waals surface area contributed by atoms with Gasteiger partial charge < -0.3 is 31.9 Å². The van der Waals surface area contributed by atoms with Crippen LogP contribution >= 0.6 is 0 Å². The molecule has 0 spiro atoms. The van der Waals surface area contributed by atoms with Crippen molar-refractivity contribution in [3.8, 4) is 0 Å². The van der Waals surface area contributed by atoms with Crippen LogP contribution in [-0.4, -0.2) is 74.0 Å². The molecule has 0 aliphatic heterocycles. The fraction of sp³-hybridized carbons (Fsp3) is 0.933. The molecule has 4 amide bonds. The summed E-state index contributed by atoms with van der Waals surface area (Å²) in [4.78, 5) is 45.0. The van der Waals surface area contributed by atoms with E-state index in [0.29, 0.717) is 22.8 Å². The van der Waals surface area contributed by atoms with Gasteiger partial charge in [0, 0.05) is 58.9 Å².